The maximum absolute atomic E-state index is 13.3. The molecule has 0 aromatic heterocycles. The van der Waals surface area contributed by atoms with E-state index in [1.165, 1.54) is 12.1 Å². The lowest BCUT2D eigenvalue weighted by Crippen LogP contribution is -2.49. The van der Waals surface area contributed by atoms with Gasteiger partial charge in [-0.1, -0.05) is 11.6 Å². The number of nitrogens with zero attached hydrogens (tertiary/aromatic N) is 1. The molecular weight excluding hydrogens is 321 g/mol. The Kier molecular flexibility index (Phi) is 6.21. The average molecular weight is 342 g/mol. The number of rotatable bonds is 5. The first kappa shape index (κ1) is 17.5. The Morgan fingerprint density at radius 1 is 1.30 bits per heavy atom. The van der Waals surface area contributed by atoms with Crippen LogP contribution in [0.4, 0.5) is 10.1 Å². The zero-order valence-electron chi connectivity index (χ0n) is 13.1. The molecule has 1 heterocycles. The van der Waals surface area contributed by atoms with Crippen molar-refractivity contribution < 1.29 is 14.0 Å². The topological polar surface area (TPSA) is 61.4 Å². The average Bonchev–Trinajstić information content (AvgIpc) is 2.56. The van der Waals surface area contributed by atoms with Crippen molar-refractivity contribution in [3.63, 3.8) is 0 Å². The predicted octanol–water partition coefficient (Wildman–Crippen LogP) is 2.41. The molecule has 5 nitrogen and oxygen atoms in total. The molecule has 2 rings (SSSR count). The van der Waals surface area contributed by atoms with Gasteiger partial charge in [-0.2, -0.15) is 0 Å². The fraction of sp³-hybridized carbons (Fsp3) is 0.500. The number of likely N-dealkylation sites (tertiary alicyclic amines) is 1. The highest BCUT2D eigenvalue weighted by molar-refractivity contribution is 6.30. The van der Waals surface area contributed by atoms with E-state index in [2.05, 4.69) is 10.6 Å². The SMILES string of the molecule is C[C@H](NC(=O)CNc1ccc(Cl)c(F)c1)C(=O)N1CCCCC1. The molecule has 1 aliphatic heterocycles. The Morgan fingerprint density at radius 3 is 2.65 bits per heavy atom. The summed E-state index contributed by atoms with van der Waals surface area (Å²) in [5, 5.41) is 5.49. The van der Waals surface area contributed by atoms with Gasteiger partial charge in [0.1, 0.15) is 11.9 Å². The molecule has 0 radical (unpaired) electrons. The third-order valence-electron chi connectivity index (χ3n) is 3.79. The van der Waals surface area contributed by atoms with Gasteiger partial charge >= 0.3 is 0 Å². The minimum atomic E-state index is -0.565. The van der Waals surface area contributed by atoms with Gasteiger partial charge in [-0.05, 0) is 44.4 Å². The van der Waals surface area contributed by atoms with E-state index in [4.69, 9.17) is 11.6 Å². The summed E-state index contributed by atoms with van der Waals surface area (Å²) < 4.78 is 13.3. The fourth-order valence-electron chi connectivity index (χ4n) is 2.53. The lowest BCUT2D eigenvalue weighted by atomic mass is 10.1. The summed E-state index contributed by atoms with van der Waals surface area (Å²) in [5.74, 6) is -0.931. The van der Waals surface area contributed by atoms with E-state index in [0.717, 1.165) is 32.4 Å². The van der Waals surface area contributed by atoms with Crippen molar-refractivity contribution in [3.8, 4) is 0 Å². The van der Waals surface area contributed by atoms with E-state index in [9.17, 15) is 14.0 Å². The van der Waals surface area contributed by atoms with Crippen LogP contribution < -0.4 is 10.6 Å². The molecule has 2 N–H and O–H groups in total. The molecule has 126 valence electrons. The fourth-order valence-corrected chi connectivity index (χ4v) is 2.65. The van der Waals surface area contributed by atoms with E-state index in [-0.39, 0.29) is 23.4 Å². The number of carbonyl (C=O) groups excluding carboxylic acids is 2. The lowest BCUT2D eigenvalue weighted by Gasteiger charge is -2.29. The molecule has 1 fully saturated rings. The normalized spacial score (nSPS) is 15.9. The second-order valence-electron chi connectivity index (χ2n) is 5.66. The van der Waals surface area contributed by atoms with Crippen LogP contribution in [0.5, 0.6) is 0 Å². The van der Waals surface area contributed by atoms with E-state index in [1.54, 1.807) is 17.9 Å². The Hall–Kier alpha value is -1.82. The summed E-state index contributed by atoms with van der Waals surface area (Å²) in [7, 11) is 0. The molecule has 1 aromatic rings. The first-order chi connectivity index (χ1) is 11.0. The van der Waals surface area contributed by atoms with Crippen molar-refractivity contribution in [2.75, 3.05) is 25.0 Å². The first-order valence-electron chi connectivity index (χ1n) is 7.74. The van der Waals surface area contributed by atoms with Crippen LogP contribution in [0.25, 0.3) is 0 Å². The number of nitrogens with one attached hydrogen (secondary N) is 2. The maximum Gasteiger partial charge on any atom is 0.244 e. The minimum Gasteiger partial charge on any atom is -0.376 e. The summed E-state index contributed by atoms with van der Waals surface area (Å²) in [4.78, 5) is 25.9. The number of amides is 2. The summed E-state index contributed by atoms with van der Waals surface area (Å²) in [6, 6.07) is 3.66. The van der Waals surface area contributed by atoms with Crippen molar-refractivity contribution in [2.45, 2.75) is 32.2 Å². The largest absolute Gasteiger partial charge is 0.376 e. The Balaban J connectivity index is 1.79. The Bertz CT molecular complexity index is 576. The van der Waals surface area contributed by atoms with Gasteiger partial charge in [-0.25, -0.2) is 4.39 Å². The van der Waals surface area contributed by atoms with Gasteiger partial charge in [0.15, 0.2) is 0 Å². The summed E-state index contributed by atoms with van der Waals surface area (Å²) in [5.41, 5.74) is 0.456. The summed E-state index contributed by atoms with van der Waals surface area (Å²) in [6.07, 6.45) is 3.16. The molecule has 0 aliphatic carbocycles. The minimum absolute atomic E-state index is 0.0285. The van der Waals surface area contributed by atoms with Gasteiger partial charge in [0.25, 0.3) is 0 Å². The van der Waals surface area contributed by atoms with Crippen molar-refractivity contribution in [1.29, 1.82) is 0 Å². The second-order valence-corrected chi connectivity index (χ2v) is 6.06. The molecular formula is C16H21ClFN3O2. The number of anilines is 1. The third kappa shape index (κ3) is 5.10. The molecule has 0 spiro atoms. The molecule has 1 saturated heterocycles. The predicted molar refractivity (Wildman–Crippen MR) is 87.9 cm³/mol. The number of hydrogen-bond donors (Lipinski definition) is 2. The molecule has 0 unspecified atom stereocenters. The highest BCUT2D eigenvalue weighted by Gasteiger charge is 2.23. The maximum atomic E-state index is 13.3. The van der Waals surface area contributed by atoms with Crippen LogP contribution >= 0.6 is 11.6 Å². The number of benzene rings is 1. The smallest absolute Gasteiger partial charge is 0.244 e. The molecule has 1 aliphatic rings. The van der Waals surface area contributed by atoms with E-state index in [0.29, 0.717) is 5.69 Å². The van der Waals surface area contributed by atoms with Crippen LogP contribution in [0.3, 0.4) is 0 Å². The van der Waals surface area contributed by atoms with Crippen molar-refractivity contribution in [1.82, 2.24) is 10.2 Å². The van der Waals surface area contributed by atoms with Gasteiger partial charge in [0.05, 0.1) is 11.6 Å². The van der Waals surface area contributed by atoms with Crippen LogP contribution in [0.1, 0.15) is 26.2 Å². The number of hydrogen-bond acceptors (Lipinski definition) is 3. The zero-order valence-corrected chi connectivity index (χ0v) is 13.8. The highest BCUT2D eigenvalue weighted by atomic mass is 35.5. The van der Waals surface area contributed by atoms with Gasteiger partial charge in [0, 0.05) is 18.8 Å². The van der Waals surface area contributed by atoms with Crippen LogP contribution in [0.15, 0.2) is 18.2 Å². The molecule has 0 bridgehead atoms. The second kappa shape index (κ2) is 8.15. The number of halogens is 2. The summed E-state index contributed by atoms with van der Waals surface area (Å²) in [6.45, 7) is 3.14. The molecule has 1 aromatic carbocycles. The van der Waals surface area contributed by atoms with Crippen LogP contribution in [0, 0.1) is 5.82 Å². The standard InChI is InChI=1S/C16H21ClFN3O2/c1-11(16(23)21-7-3-2-4-8-21)20-15(22)10-19-12-5-6-13(17)14(18)9-12/h5-6,9,11,19H,2-4,7-8,10H2,1H3,(H,20,22)/t11-/m0/s1. The third-order valence-corrected chi connectivity index (χ3v) is 4.09. The van der Waals surface area contributed by atoms with Gasteiger partial charge in [-0.15, -0.1) is 0 Å². The van der Waals surface area contributed by atoms with Crippen LogP contribution in [-0.4, -0.2) is 42.4 Å². The van der Waals surface area contributed by atoms with Crippen LogP contribution in [0.2, 0.25) is 5.02 Å². The molecule has 0 saturated carbocycles. The summed E-state index contributed by atoms with van der Waals surface area (Å²) >= 11 is 5.60. The Labute approximate surface area is 140 Å². The van der Waals surface area contributed by atoms with Gasteiger partial charge in [0.2, 0.25) is 11.8 Å². The highest BCUT2D eigenvalue weighted by Crippen LogP contribution is 2.18. The quantitative estimate of drug-likeness (QED) is 0.864. The van der Waals surface area contributed by atoms with E-state index >= 15 is 0 Å². The Morgan fingerprint density at radius 2 is 2.00 bits per heavy atom. The number of carbonyl (C=O) groups is 2. The monoisotopic (exact) mass is 341 g/mol. The molecule has 7 heteroatoms. The number of piperidine rings is 1. The van der Waals surface area contributed by atoms with E-state index < -0.39 is 11.9 Å². The van der Waals surface area contributed by atoms with Crippen molar-refractivity contribution >= 4 is 29.1 Å². The van der Waals surface area contributed by atoms with Crippen LogP contribution in [-0.2, 0) is 9.59 Å². The molecule has 23 heavy (non-hydrogen) atoms. The van der Waals surface area contributed by atoms with Gasteiger partial charge in [-0.3, -0.25) is 9.59 Å². The van der Waals surface area contributed by atoms with E-state index in [1.807, 2.05) is 0 Å². The molecule has 1 atom stereocenters. The van der Waals surface area contributed by atoms with Gasteiger partial charge < -0.3 is 15.5 Å². The van der Waals surface area contributed by atoms with Crippen molar-refractivity contribution in [2.24, 2.45) is 0 Å². The zero-order chi connectivity index (χ0) is 16.8. The molecule has 2 amide bonds. The van der Waals surface area contributed by atoms with Crippen molar-refractivity contribution in [3.05, 3.63) is 29.0 Å². The first-order valence-corrected chi connectivity index (χ1v) is 8.12. The lowest BCUT2D eigenvalue weighted by molar-refractivity contribution is -0.136.